The fourth-order valence-corrected chi connectivity index (χ4v) is 3.37. The molecule has 9 heteroatoms. The number of nitrogens with one attached hydrogen (secondary N) is 2. The summed E-state index contributed by atoms with van der Waals surface area (Å²) < 4.78 is 11.3. The standard InChI is InChI=1S/C21H32N6O2.HI/c1-2-22-21(25-15-16-28-17-9-5-3-4-6-10-17)24-14-12-19-26-20(29-27-19)18-11-7-8-13-23-18;/h7-8,11,13,17H,2-6,9-10,12,14-16H2,1H3,(H2,22,24,25);1H. The molecule has 2 aromatic rings. The van der Waals surface area contributed by atoms with Crippen LogP contribution in [0.3, 0.4) is 0 Å². The van der Waals surface area contributed by atoms with Gasteiger partial charge in [-0.2, -0.15) is 4.98 Å². The molecule has 0 spiro atoms. The Balaban J connectivity index is 0.00000320. The Labute approximate surface area is 195 Å². The van der Waals surface area contributed by atoms with Crippen molar-refractivity contribution in [2.75, 3.05) is 26.2 Å². The summed E-state index contributed by atoms with van der Waals surface area (Å²) in [6, 6.07) is 5.60. The Morgan fingerprint density at radius 3 is 2.77 bits per heavy atom. The first-order valence-electron chi connectivity index (χ1n) is 10.7. The zero-order valence-corrected chi connectivity index (χ0v) is 20.0. The summed E-state index contributed by atoms with van der Waals surface area (Å²) in [6.45, 7) is 4.84. The molecule has 3 rings (SSSR count). The Bertz CT molecular complexity index is 732. The van der Waals surface area contributed by atoms with Crippen LogP contribution in [0, 0.1) is 0 Å². The van der Waals surface area contributed by atoms with E-state index in [4.69, 9.17) is 9.26 Å². The second kappa shape index (κ2) is 14.3. The first-order chi connectivity index (χ1) is 14.3. The lowest BCUT2D eigenvalue weighted by Crippen LogP contribution is -2.38. The molecule has 30 heavy (non-hydrogen) atoms. The molecule has 1 aliphatic rings. The average molecular weight is 528 g/mol. The van der Waals surface area contributed by atoms with Gasteiger partial charge >= 0.3 is 0 Å². The summed E-state index contributed by atoms with van der Waals surface area (Å²) in [5.74, 6) is 1.87. The Kier molecular flexibility index (Phi) is 11.7. The van der Waals surface area contributed by atoms with Crippen LogP contribution in [0.4, 0.5) is 0 Å². The second-order valence-electron chi connectivity index (χ2n) is 7.15. The van der Waals surface area contributed by atoms with E-state index in [-0.39, 0.29) is 24.0 Å². The minimum Gasteiger partial charge on any atom is -0.376 e. The fraction of sp³-hybridized carbons (Fsp3) is 0.619. The van der Waals surface area contributed by atoms with Crippen molar-refractivity contribution < 1.29 is 9.26 Å². The van der Waals surface area contributed by atoms with Crippen LogP contribution < -0.4 is 10.6 Å². The molecular formula is C21H33IN6O2. The normalized spacial score (nSPS) is 15.3. The lowest BCUT2D eigenvalue weighted by molar-refractivity contribution is 0.0487. The highest BCUT2D eigenvalue weighted by atomic mass is 127. The van der Waals surface area contributed by atoms with Gasteiger partial charge in [-0.1, -0.05) is 36.9 Å². The van der Waals surface area contributed by atoms with Gasteiger partial charge in [0.15, 0.2) is 11.8 Å². The molecule has 0 aromatic carbocycles. The largest absolute Gasteiger partial charge is 0.376 e. The van der Waals surface area contributed by atoms with Crippen molar-refractivity contribution in [2.45, 2.75) is 58.0 Å². The SMILES string of the molecule is CCNC(=NCCOC1CCCCCC1)NCCc1noc(-c2ccccn2)n1.I. The van der Waals surface area contributed by atoms with Crippen molar-refractivity contribution in [3.8, 4) is 11.6 Å². The van der Waals surface area contributed by atoms with Crippen molar-refractivity contribution >= 4 is 29.9 Å². The van der Waals surface area contributed by atoms with Gasteiger partial charge < -0.3 is 19.9 Å². The van der Waals surface area contributed by atoms with E-state index in [1.54, 1.807) is 6.20 Å². The minimum atomic E-state index is 0. The zero-order valence-electron chi connectivity index (χ0n) is 17.7. The van der Waals surface area contributed by atoms with Crippen LogP contribution in [-0.4, -0.2) is 53.4 Å². The highest BCUT2D eigenvalue weighted by molar-refractivity contribution is 14.0. The Morgan fingerprint density at radius 2 is 2.03 bits per heavy atom. The van der Waals surface area contributed by atoms with Gasteiger partial charge in [0.05, 0.1) is 19.3 Å². The van der Waals surface area contributed by atoms with Gasteiger partial charge in [-0.15, -0.1) is 24.0 Å². The van der Waals surface area contributed by atoms with Gasteiger partial charge in [0.2, 0.25) is 0 Å². The summed E-state index contributed by atoms with van der Waals surface area (Å²) in [6.07, 6.45) is 10.4. The first kappa shape index (κ1) is 24.5. The molecule has 0 amide bonds. The predicted molar refractivity (Wildman–Crippen MR) is 128 cm³/mol. The third-order valence-corrected chi connectivity index (χ3v) is 4.85. The number of nitrogens with zero attached hydrogens (tertiary/aromatic N) is 4. The van der Waals surface area contributed by atoms with Crippen LogP contribution in [0.15, 0.2) is 33.9 Å². The summed E-state index contributed by atoms with van der Waals surface area (Å²) >= 11 is 0. The number of guanidine groups is 1. The predicted octanol–water partition coefficient (Wildman–Crippen LogP) is 3.59. The third kappa shape index (κ3) is 8.55. The van der Waals surface area contributed by atoms with E-state index in [1.807, 2.05) is 18.2 Å². The maximum Gasteiger partial charge on any atom is 0.276 e. The van der Waals surface area contributed by atoms with Gasteiger partial charge in [0, 0.05) is 25.7 Å². The van der Waals surface area contributed by atoms with Crippen molar-refractivity contribution in [1.82, 2.24) is 25.8 Å². The van der Waals surface area contributed by atoms with E-state index in [0.717, 1.165) is 12.5 Å². The maximum absolute atomic E-state index is 6.01. The molecule has 166 valence electrons. The molecule has 0 saturated heterocycles. The number of aliphatic imine (C=N–C) groups is 1. The van der Waals surface area contributed by atoms with Crippen LogP contribution in [-0.2, 0) is 11.2 Å². The fourth-order valence-electron chi connectivity index (χ4n) is 3.37. The molecule has 0 radical (unpaired) electrons. The monoisotopic (exact) mass is 528 g/mol. The summed E-state index contributed by atoms with van der Waals surface area (Å²) in [4.78, 5) is 13.2. The third-order valence-electron chi connectivity index (χ3n) is 4.85. The van der Waals surface area contributed by atoms with E-state index < -0.39 is 0 Å². The van der Waals surface area contributed by atoms with Crippen molar-refractivity contribution in [3.05, 3.63) is 30.2 Å². The Morgan fingerprint density at radius 1 is 1.20 bits per heavy atom. The van der Waals surface area contributed by atoms with Crippen LogP contribution in [0.5, 0.6) is 0 Å². The number of aromatic nitrogens is 3. The van der Waals surface area contributed by atoms with Crippen molar-refractivity contribution in [1.29, 1.82) is 0 Å². The quantitative estimate of drug-likeness (QED) is 0.169. The van der Waals surface area contributed by atoms with E-state index in [9.17, 15) is 0 Å². The summed E-state index contributed by atoms with van der Waals surface area (Å²) in [7, 11) is 0. The molecule has 1 saturated carbocycles. The number of ether oxygens (including phenoxy) is 1. The van der Waals surface area contributed by atoms with E-state index in [0.29, 0.717) is 49.6 Å². The molecule has 1 aliphatic carbocycles. The van der Waals surface area contributed by atoms with Crippen molar-refractivity contribution in [2.24, 2.45) is 4.99 Å². The van der Waals surface area contributed by atoms with E-state index >= 15 is 0 Å². The molecule has 1 fully saturated rings. The Hall–Kier alpha value is -1.75. The topological polar surface area (TPSA) is 97.5 Å². The highest BCUT2D eigenvalue weighted by Gasteiger charge is 2.12. The van der Waals surface area contributed by atoms with Crippen LogP contribution >= 0.6 is 24.0 Å². The number of hydrogen-bond acceptors (Lipinski definition) is 6. The molecule has 0 aliphatic heterocycles. The molecule has 0 atom stereocenters. The number of pyridine rings is 1. The van der Waals surface area contributed by atoms with Gasteiger partial charge in [-0.05, 0) is 31.9 Å². The van der Waals surface area contributed by atoms with Crippen LogP contribution in [0.2, 0.25) is 0 Å². The molecule has 2 heterocycles. The molecule has 8 nitrogen and oxygen atoms in total. The minimum absolute atomic E-state index is 0. The van der Waals surface area contributed by atoms with E-state index in [1.165, 1.54) is 38.5 Å². The van der Waals surface area contributed by atoms with Gasteiger partial charge in [-0.25, -0.2) is 0 Å². The number of rotatable bonds is 9. The number of hydrogen-bond donors (Lipinski definition) is 2. The lowest BCUT2D eigenvalue weighted by Gasteiger charge is -2.15. The van der Waals surface area contributed by atoms with Crippen LogP contribution in [0.1, 0.15) is 51.3 Å². The molecule has 0 unspecified atom stereocenters. The van der Waals surface area contributed by atoms with Crippen LogP contribution in [0.25, 0.3) is 11.6 Å². The summed E-state index contributed by atoms with van der Waals surface area (Å²) in [5.41, 5.74) is 0.683. The summed E-state index contributed by atoms with van der Waals surface area (Å²) in [5, 5.41) is 10.6. The van der Waals surface area contributed by atoms with Gasteiger partial charge in [0.25, 0.3) is 5.89 Å². The molecule has 2 aromatic heterocycles. The van der Waals surface area contributed by atoms with Crippen molar-refractivity contribution in [3.63, 3.8) is 0 Å². The second-order valence-corrected chi connectivity index (χ2v) is 7.15. The highest BCUT2D eigenvalue weighted by Crippen LogP contribution is 2.19. The molecular weight excluding hydrogens is 495 g/mol. The number of halogens is 1. The van der Waals surface area contributed by atoms with Gasteiger partial charge in [-0.3, -0.25) is 9.98 Å². The average Bonchev–Trinajstić information content (AvgIpc) is 3.07. The molecule has 0 bridgehead atoms. The first-order valence-corrected chi connectivity index (χ1v) is 10.7. The molecule has 2 N–H and O–H groups in total. The van der Waals surface area contributed by atoms with Gasteiger partial charge in [0.1, 0.15) is 5.69 Å². The lowest BCUT2D eigenvalue weighted by atomic mass is 10.1. The maximum atomic E-state index is 6.01. The smallest absolute Gasteiger partial charge is 0.276 e. The van der Waals surface area contributed by atoms with E-state index in [2.05, 4.69) is 37.7 Å². The zero-order chi connectivity index (χ0) is 20.2.